The number of carboxylic acid groups (broad SMARTS) is 1. The number of pyridine rings is 1. The van der Waals surface area contributed by atoms with E-state index < -0.39 is 23.8 Å². The maximum Gasteiger partial charge on any atom is 0.417 e. The smallest absolute Gasteiger partial charge is 0.417 e. The largest absolute Gasteiger partial charge is 0.479 e. The summed E-state index contributed by atoms with van der Waals surface area (Å²) < 4.78 is 48.5. The van der Waals surface area contributed by atoms with Crippen LogP contribution in [0.2, 0.25) is 5.02 Å². The van der Waals surface area contributed by atoms with Gasteiger partial charge in [0.05, 0.1) is 5.56 Å². The number of nitrogens with zero attached hydrogens (tertiary/aromatic N) is 1. The van der Waals surface area contributed by atoms with E-state index >= 15 is 0 Å². The van der Waals surface area contributed by atoms with Gasteiger partial charge in [-0.2, -0.15) is 13.2 Å². The maximum atomic E-state index is 12.6. The maximum absolute atomic E-state index is 12.6. The van der Waals surface area contributed by atoms with Crippen LogP contribution in [0.4, 0.5) is 13.2 Å². The fourth-order valence-electron chi connectivity index (χ4n) is 2.01. The number of hydrogen-bond donors (Lipinski definition) is 1. The molecule has 1 aromatic carbocycles. The van der Waals surface area contributed by atoms with E-state index in [-0.39, 0.29) is 16.7 Å². The highest BCUT2D eigenvalue weighted by Crippen LogP contribution is 2.34. The molecular formula is C17H15ClF3NO4. The third-order valence-electron chi connectivity index (χ3n) is 3.28. The summed E-state index contributed by atoms with van der Waals surface area (Å²) in [6, 6.07) is 6.63. The molecule has 0 saturated carbocycles. The third kappa shape index (κ3) is 5.26. The fraction of sp³-hybridized carbons (Fsp3) is 0.294. The van der Waals surface area contributed by atoms with E-state index in [9.17, 15) is 18.0 Å². The Labute approximate surface area is 152 Å². The van der Waals surface area contributed by atoms with Crippen LogP contribution in [0.15, 0.2) is 36.5 Å². The predicted molar refractivity (Wildman–Crippen MR) is 87.7 cm³/mol. The van der Waals surface area contributed by atoms with Crippen molar-refractivity contribution in [3.05, 3.63) is 47.1 Å². The quantitative estimate of drug-likeness (QED) is 0.706. The van der Waals surface area contributed by atoms with E-state index in [0.29, 0.717) is 24.8 Å². The summed E-state index contributed by atoms with van der Waals surface area (Å²) in [5.41, 5.74) is -0.978. The van der Waals surface area contributed by atoms with Gasteiger partial charge in [-0.25, -0.2) is 9.78 Å². The lowest BCUT2D eigenvalue weighted by atomic mass is 10.2. The number of ether oxygens (including phenoxy) is 2. The zero-order valence-corrected chi connectivity index (χ0v) is 14.3. The van der Waals surface area contributed by atoms with Crippen molar-refractivity contribution in [1.82, 2.24) is 4.98 Å². The monoisotopic (exact) mass is 389 g/mol. The van der Waals surface area contributed by atoms with Crippen molar-refractivity contribution in [1.29, 1.82) is 0 Å². The first-order chi connectivity index (χ1) is 12.2. The van der Waals surface area contributed by atoms with Gasteiger partial charge < -0.3 is 14.6 Å². The van der Waals surface area contributed by atoms with E-state index in [4.69, 9.17) is 26.2 Å². The summed E-state index contributed by atoms with van der Waals surface area (Å²) in [6.07, 6.45) is -3.87. The summed E-state index contributed by atoms with van der Waals surface area (Å²) in [7, 11) is 0. The SMILES string of the molecule is CCCC(Oc1ccc(Oc2ncc(C(F)(F)F)cc2Cl)cc1)C(=O)O. The van der Waals surface area contributed by atoms with Crippen LogP contribution in [-0.4, -0.2) is 22.2 Å². The van der Waals surface area contributed by atoms with Crippen molar-refractivity contribution < 1.29 is 32.5 Å². The molecule has 0 aliphatic heterocycles. The van der Waals surface area contributed by atoms with Gasteiger partial charge in [-0.15, -0.1) is 0 Å². The van der Waals surface area contributed by atoms with Crippen LogP contribution in [0.1, 0.15) is 25.3 Å². The summed E-state index contributed by atoms with van der Waals surface area (Å²) >= 11 is 5.78. The molecule has 2 rings (SSSR count). The van der Waals surface area contributed by atoms with Crippen LogP contribution in [0.25, 0.3) is 0 Å². The van der Waals surface area contributed by atoms with Gasteiger partial charge in [-0.1, -0.05) is 24.9 Å². The Morgan fingerprint density at radius 2 is 1.88 bits per heavy atom. The van der Waals surface area contributed by atoms with Crippen molar-refractivity contribution >= 4 is 17.6 Å². The van der Waals surface area contributed by atoms with Gasteiger partial charge in [0, 0.05) is 6.20 Å². The molecule has 140 valence electrons. The van der Waals surface area contributed by atoms with Crippen molar-refractivity contribution in [2.75, 3.05) is 0 Å². The normalized spacial score (nSPS) is 12.5. The molecule has 2 aromatic rings. The van der Waals surface area contributed by atoms with Gasteiger partial charge in [-0.3, -0.25) is 0 Å². The molecule has 1 atom stereocenters. The number of carboxylic acids is 1. The fourth-order valence-corrected chi connectivity index (χ4v) is 2.22. The molecule has 0 spiro atoms. The number of aliphatic carboxylic acids is 1. The summed E-state index contributed by atoms with van der Waals surface area (Å²) in [5, 5.41) is 8.79. The number of alkyl halides is 3. The first kappa shape index (κ1) is 19.8. The summed E-state index contributed by atoms with van der Waals surface area (Å²) in [6.45, 7) is 1.84. The van der Waals surface area contributed by atoms with Crippen LogP contribution in [0.3, 0.4) is 0 Å². The van der Waals surface area contributed by atoms with Crippen molar-refractivity contribution in [2.45, 2.75) is 32.0 Å². The first-order valence-electron chi connectivity index (χ1n) is 7.60. The highest BCUT2D eigenvalue weighted by atomic mass is 35.5. The van der Waals surface area contributed by atoms with Crippen LogP contribution in [-0.2, 0) is 11.0 Å². The van der Waals surface area contributed by atoms with Gasteiger partial charge in [0.1, 0.15) is 16.5 Å². The molecule has 0 bridgehead atoms. The highest BCUT2D eigenvalue weighted by molar-refractivity contribution is 6.31. The molecule has 1 aromatic heterocycles. The van der Waals surface area contributed by atoms with Crippen molar-refractivity contribution in [2.24, 2.45) is 0 Å². The van der Waals surface area contributed by atoms with E-state index in [0.717, 1.165) is 6.07 Å². The van der Waals surface area contributed by atoms with Crippen molar-refractivity contribution in [3.8, 4) is 17.4 Å². The third-order valence-corrected chi connectivity index (χ3v) is 3.55. The standard InChI is InChI=1S/C17H15ClF3NO4/c1-2-3-14(16(23)24)25-11-4-6-12(7-5-11)26-15-13(18)8-10(9-22-15)17(19,20)21/h4-9,14H,2-3H2,1H3,(H,23,24). The minimum absolute atomic E-state index is 0.178. The molecule has 1 heterocycles. The van der Waals surface area contributed by atoms with E-state index in [1.54, 1.807) is 0 Å². The lowest BCUT2D eigenvalue weighted by Crippen LogP contribution is -2.26. The number of aromatic nitrogens is 1. The lowest BCUT2D eigenvalue weighted by molar-refractivity contribution is -0.145. The van der Waals surface area contributed by atoms with Gasteiger partial charge in [0.2, 0.25) is 5.88 Å². The first-order valence-corrected chi connectivity index (χ1v) is 7.98. The van der Waals surface area contributed by atoms with Crippen LogP contribution >= 0.6 is 11.6 Å². The average Bonchev–Trinajstić information content (AvgIpc) is 2.57. The van der Waals surface area contributed by atoms with Crippen LogP contribution in [0, 0.1) is 0 Å². The molecule has 0 aliphatic rings. The van der Waals surface area contributed by atoms with Gasteiger partial charge >= 0.3 is 12.1 Å². The Bertz CT molecular complexity index is 766. The molecule has 0 fully saturated rings. The predicted octanol–water partition coefficient (Wildman–Crippen LogP) is 5.18. The molecule has 0 aliphatic carbocycles. The number of rotatable bonds is 7. The van der Waals surface area contributed by atoms with Gasteiger partial charge in [0.15, 0.2) is 6.10 Å². The number of halogens is 4. The second-order valence-electron chi connectivity index (χ2n) is 5.32. The van der Waals surface area contributed by atoms with E-state index in [1.165, 1.54) is 24.3 Å². The molecule has 5 nitrogen and oxygen atoms in total. The Kier molecular flexibility index (Phi) is 6.31. The summed E-state index contributed by atoms with van der Waals surface area (Å²) in [4.78, 5) is 14.7. The van der Waals surface area contributed by atoms with E-state index in [1.807, 2.05) is 6.92 Å². The highest BCUT2D eigenvalue weighted by Gasteiger charge is 2.31. The molecular weight excluding hydrogens is 375 g/mol. The molecule has 0 saturated heterocycles. The second-order valence-corrected chi connectivity index (χ2v) is 5.72. The minimum Gasteiger partial charge on any atom is -0.479 e. The van der Waals surface area contributed by atoms with Crippen molar-refractivity contribution in [3.63, 3.8) is 0 Å². The Morgan fingerprint density at radius 3 is 2.38 bits per heavy atom. The molecule has 9 heteroatoms. The Hall–Kier alpha value is -2.48. The van der Waals surface area contributed by atoms with Gasteiger partial charge in [0.25, 0.3) is 0 Å². The molecule has 0 radical (unpaired) electrons. The van der Waals surface area contributed by atoms with Crippen LogP contribution < -0.4 is 9.47 Å². The minimum atomic E-state index is -4.55. The molecule has 26 heavy (non-hydrogen) atoms. The zero-order valence-electron chi connectivity index (χ0n) is 13.6. The lowest BCUT2D eigenvalue weighted by Gasteiger charge is -2.14. The number of carbonyl (C=O) groups is 1. The Morgan fingerprint density at radius 1 is 1.27 bits per heavy atom. The Balaban J connectivity index is 2.08. The average molecular weight is 390 g/mol. The second kappa shape index (κ2) is 8.27. The molecule has 0 amide bonds. The zero-order chi connectivity index (χ0) is 19.3. The van der Waals surface area contributed by atoms with Gasteiger partial charge in [-0.05, 0) is 36.8 Å². The summed E-state index contributed by atoms with van der Waals surface area (Å²) in [5.74, 6) is -0.658. The number of benzene rings is 1. The topological polar surface area (TPSA) is 68.7 Å². The number of hydrogen-bond acceptors (Lipinski definition) is 4. The van der Waals surface area contributed by atoms with Crippen LogP contribution in [0.5, 0.6) is 17.4 Å². The van der Waals surface area contributed by atoms with E-state index in [2.05, 4.69) is 4.98 Å². The molecule has 1 N–H and O–H groups in total. The molecule has 1 unspecified atom stereocenters.